The highest BCUT2D eigenvalue weighted by Crippen LogP contribution is 2.37. The van der Waals surface area contributed by atoms with Gasteiger partial charge in [-0.05, 0) is 39.0 Å². The summed E-state index contributed by atoms with van der Waals surface area (Å²) in [4.78, 5) is 4.44. The van der Waals surface area contributed by atoms with E-state index in [0.717, 1.165) is 0 Å². The fourth-order valence-electron chi connectivity index (χ4n) is 3.74. The first-order chi connectivity index (χ1) is 12.6. The molecule has 1 aliphatic heterocycles. The number of nitrogens with one attached hydrogen (secondary N) is 2. The topological polar surface area (TPSA) is 79.8 Å². The van der Waals surface area contributed by atoms with Gasteiger partial charge >= 0.3 is 6.18 Å². The Labute approximate surface area is 159 Å². The second-order valence-electron chi connectivity index (χ2n) is 7.51. The molecule has 1 heterocycles. The minimum absolute atomic E-state index is 0.0129. The summed E-state index contributed by atoms with van der Waals surface area (Å²) in [5.41, 5.74) is 0. The highest BCUT2D eigenvalue weighted by Gasteiger charge is 2.43. The van der Waals surface area contributed by atoms with Gasteiger partial charge in [-0.1, -0.05) is 6.42 Å². The fraction of sp³-hybridized carbons (Fsp3) is 0.941. The minimum atomic E-state index is -4.18. The van der Waals surface area contributed by atoms with Gasteiger partial charge in [0.1, 0.15) is 0 Å². The molecule has 6 nitrogen and oxygen atoms in total. The van der Waals surface area contributed by atoms with Gasteiger partial charge in [-0.3, -0.25) is 4.99 Å². The van der Waals surface area contributed by atoms with Gasteiger partial charge in [0.15, 0.2) is 15.8 Å². The van der Waals surface area contributed by atoms with Crippen molar-refractivity contribution >= 4 is 15.8 Å². The van der Waals surface area contributed by atoms with E-state index in [9.17, 15) is 21.6 Å². The van der Waals surface area contributed by atoms with Crippen LogP contribution in [0.15, 0.2) is 4.99 Å². The first kappa shape index (κ1) is 22.3. The summed E-state index contributed by atoms with van der Waals surface area (Å²) in [6.07, 6.45) is -0.913. The van der Waals surface area contributed by atoms with Crippen molar-refractivity contribution in [1.29, 1.82) is 0 Å². The maximum atomic E-state index is 13.0. The van der Waals surface area contributed by atoms with Crippen LogP contribution in [0.3, 0.4) is 0 Å². The second kappa shape index (κ2) is 8.98. The number of guanidine groups is 1. The summed E-state index contributed by atoms with van der Waals surface area (Å²) in [7, 11) is -3.35. The number of rotatable bonds is 5. The van der Waals surface area contributed by atoms with Crippen LogP contribution < -0.4 is 10.6 Å². The number of hydrogen-bond acceptors (Lipinski definition) is 4. The molecular formula is C17H30F3N3O3S. The number of ether oxygens (including phenoxy) is 1. The van der Waals surface area contributed by atoms with E-state index < -0.39 is 26.7 Å². The van der Waals surface area contributed by atoms with Gasteiger partial charge in [-0.25, -0.2) is 8.42 Å². The van der Waals surface area contributed by atoms with E-state index in [0.29, 0.717) is 51.4 Å². The molecule has 158 valence electrons. The first-order valence-corrected chi connectivity index (χ1v) is 11.4. The van der Waals surface area contributed by atoms with Crippen molar-refractivity contribution < 1.29 is 26.3 Å². The summed E-state index contributed by atoms with van der Waals surface area (Å²) in [5.74, 6) is -0.927. The molecule has 1 saturated heterocycles. The zero-order valence-corrected chi connectivity index (χ0v) is 16.8. The molecule has 1 aliphatic carbocycles. The van der Waals surface area contributed by atoms with Gasteiger partial charge < -0.3 is 15.4 Å². The summed E-state index contributed by atoms with van der Waals surface area (Å²) in [5, 5.41) is 6.10. The Kier molecular flexibility index (Phi) is 7.40. The van der Waals surface area contributed by atoms with Crippen molar-refractivity contribution in [2.75, 3.05) is 32.6 Å². The minimum Gasteiger partial charge on any atom is -0.381 e. The maximum Gasteiger partial charge on any atom is 0.391 e. The molecule has 0 radical (unpaired) electrons. The second-order valence-corrected chi connectivity index (χ2v) is 9.92. The largest absolute Gasteiger partial charge is 0.391 e. The van der Waals surface area contributed by atoms with Crippen molar-refractivity contribution in [2.24, 2.45) is 10.9 Å². The maximum absolute atomic E-state index is 13.0. The van der Waals surface area contributed by atoms with Gasteiger partial charge in [-0.15, -0.1) is 0 Å². The lowest BCUT2D eigenvalue weighted by Gasteiger charge is -2.35. The molecule has 0 bridgehead atoms. The van der Waals surface area contributed by atoms with E-state index in [1.165, 1.54) is 6.26 Å². The quantitative estimate of drug-likeness (QED) is 0.534. The Morgan fingerprint density at radius 1 is 1.26 bits per heavy atom. The summed E-state index contributed by atoms with van der Waals surface area (Å²) in [6.45, 7) is 3.19. The predicted molar refractivity (Wildman–Crippen MR) is 98.5 cm³/mol. The molecule has 0 aromatic carbocycles. The average Bonchev–Trinajstić information content (AvgIpc) is 2.59. The van der Waals surface area contributed by atoms with E-state index in [4.69, 9.17) is 4.74 Å². The number of hydrogen-bond donors (Lipinski definition) is 2. The van der Waals surface area contributed by atoms with E-state index in [1.807, 2.05) is 6.92 Å². The first-order valence-electron chi connectivity index (χ1n) is 9.46. The Balaban J connectivity index is 2.09. The van der Waals surface area contributed by atoms with Crippen LogP contribution in [0, 0.1) is 5.92 Å². The lowest BCUT2D eigenvalue weighted by molar-refractivity contribution is -0.183. The van der Waals surface area contributed by atoms with Crippen LogP contribution in [0.1, 0.15) is 45.4 Å². The zero-order chi connectivity index (χ0) is 20.1. The molecule has 0 spiro atoms. The Morgan fingerprint density at radius 2 is 1.93 bits per heavy atom. The molecule has 2 fully saturated rings. The smallest absolute Gasteiger partial charge is 0.381 e. The Bertz CT molecular complexity index is 617. The molecule has 0 aromatic rings. The van der Waals surface area contributed by atoms with Crippen LogP contribution in [-0.2, 0) is 14.6 Å². The number of nitrogens with zero attached hydrogens (tertiary/aromatic N) is 1. The van der Waals surface area contributed by atoms with E-state index in [-0.39, 0.29) is 25.4 Å². The van der Waals surface area contributed by atoms with Crippen LogP contribution in [0.4, 0.5) is 13.2 Å². The van der Waals surface area contributed by atoms with Gasteiger partial charge in [-0.2, -0.15) is 13.2 Å². The van der Waals surface area contributed by atoms with Crippen LogP contribution in [0.5, 0.6) is 0 Å². The predicted octanol–water partition coefficient (Wildman–Crippen LogP) is 2.26. The Hall–Kier alpha value is -1.03. The molecule has 0 aromatic heterocycles. The zero-order valence-electron chi connectivity index (χ0n) is 15.9. The van der Waals surface area contributed by atoms with Crippen LogP contribution in [-0.4, -0.2) is 63.9 Å². The highest BCUT2D eigenvalue weighted by atomic mass is 32.2. The third kappa shape index (κ3) is 5.97. The molecule has 2 aliphatic rings. The highest BCUT2D eigenvalue weighted by molar-refractivity contribution is 7.92. The molecule has 2 atom stereocenters. The fourth-order valence-corrected chi connectivity index (χ4v) is 4.95. The van der Waals surface area contributed by atoms with Crippen molar-refractivity contribution in [1.82, 2.24) is 10.6 Å². The number of sulfone groups is 1. The third-order valence-corrected chi connectivity index (χ3v) is 7.65. The van der Waals surface area contributed by atoms with Gasteiger partial charge in [0.05, 0.1) is 17.2 Å². The number of aliphatic imine (C=N–C) groups is 1. The molecule has 2 rings (SSSR count). The van der Waals surface area contributed by atoms with Crippen molar-refractivity contribution in [2.45, 2.75) is 62.4 Å². The number of alkyl halides is 3. The van der Waals surface area contributed by atoms with Crippen LogP contribution >= 0.6 is 0 Å². The normalized spacial score (nSPS) is 27.2. The summed E-state index contributed by atoms with van der Waals surface area (Å²) in [6, 6.07) is -0.327. The van der Waals surface area contributed by atoms with Crippen molar-refractivity contribution in [3.63, 3.8) is 0 Å². The molecule has 2 N–H and O–H groups in total. The van der Waals surface area contributed by atoms with E-state index in [1.54, 1.807) is 0 Å². The molecule has 27 heavy (non-hydrogen) atoms. The van der Waals surface area contributed by atoms with E-state index >= 15 is 0 Å². The SMILES string of the molecule is CCNC(=NCC1(S(C)(=O)=O)CCOCC1)NC1CCCC(C(F)(F)F)C1. The summed E-state index contributed by atoms with van der Waals surface area (Å²) >= 11 is 0. The standard InChI is InChI=1S/C17H30F3N3O3S/c1-3-21-15(23-14-6-4-5-13(11-14)17(18,19)20)22-12-16(27(2,24)25)7-9-26-10-8-16/h13-14H,3-12H2,1-2H3,(H2,21,22,23). The third-order valence-electron chi connectivity index (χ3n) is 5.54. The molecule has 0 amide bonds. The van der Waals surface area contributed by atoms with Crippen molar-refractivity contribution in [3.8, 4) is 0 Å². The molecular weight excluding hydrogens is 383 g/mol. The van der Waals surface area contributed by atoms with Crippen molar-refractivity contribution in [3.05, 3.63) is 0 Å². The van der Waals surface area contributed by atoms with Crippen LogP contribution in [0.25, 0.3) is 0 Å². The van der Waals surface area contributed by atoms with Gasteiger partial charge in [0, 0.05) is 32.1 Å². The lowest BCUT2D eigenvalue weighted by Crippen LogP contribution is -2.49. The molecule has 2 unspecified atom stereocenters. The molecule has 1 saturated carbocycles. The monoisotopic (exact) mass is 413 g/mol. The Morgan fingerprint density at radius 3 is 2.48 bits per heavy atom. The van der Waals surface area contributed by atoms with E-state index in [2.05, 4.69) is 15.6 Å². The van der Waals surface area contributed by atoms with Gasteiger partial charge in [0.25, 0.3) is 0 Å². The average molecular weight is 414 g/mol. The number of halogens is 3. The molecule has 10 heteroatoms. The van der Waals surface area contributed by atoms with Crippen LogP contribution in [0.2, 0.25) is 0 Å². The van der Waals surface area contributed by atoms with Gasteiger partial charge in [0.2, 0.25) is 0 Å². The summed E-state index contributed by atoms with van der Waals surface area (Å²) < 4.78 is 68.0. The lowest BCUT2D eigenvalue weighted by atomic mass is 9.85.